The third kappa shape index (κ3) is 6.26. The van der Waals surface area contributed by atoms with Gasteiger partial charge >= 0.3 is 9.53 Å². The lowest BCUT2D eigenvalue weighted by Crippen LogP contribution is -2.38. The van der Waals surface area contributed by atoms with E-state index in [1.165, 1.54) is 0 Å². The van der Waals surface area contributed by atoms with Crippen molar-refractivity contribution in [3.05, 3.63) is 0 Å². The van der Waals surface area contributed by atoms with Gasteiger partial charge in [0.15, 0.2) is 0 Å². The standard InChI is InChI=1S/C12H25O5Si/c1-5-12(14-9-11-8-13-11)10(4)17-18(15-6-2)16-7-3/h10-12H,5-9H2,1-4H3. The Kier molecular flexibility index (Phi) is 8.04. The molecule has 3 unspecified atom stereocenters. The van der Waals surface area contributed by atoms with E-state index < -0.39 is 9.53 Å². The molecule has 1 aliphatic rings. The Morgan fingerprint density at radius 2 is 1.83 bits per heavy atom. The Morgan fingerprint density at radius 1 is 1.22 bits per heavy atom. The minimum atomic E-state index is -1.63. The molecule has 0 aliphatic carbocycles. The van der Waals surface area contributed by atoms with E-state index in [1.807, 2.05) is 20.8 Å². The lowest BCUT2D eigenvalue weighted by atomic mass is 10.2. The molecule has 107 valence electrons. The molecule has 18 heavy (non-hydrogen) atoms. The van der Waals surface area contributed by atoms with E-state index in [1.54, 1.807) is 0 Å². The van der Waals surface area contributed by atoms with E-state index >= 15 is 0 Å². The van der Waals surface area contributed by atoms with E-state index in [-0.39, 0.29) is 18.3 Å². The molecular formula is C12H25O5Si. The highest BCUT2D eigenvalue weighted by Gasteiger charge is 2.29. The Bertz CT molecular complexity index is 207. The van der Waals surface area contributed by atoms with Crippen LogP contribution in [0.3, 0.4) is 0 Å². The Labute approximate surface area is 112 Å². The van der Waals surface area contributed by atoms with Crippen molar-refractivity contribution in [2.24, 2.45) is 0 Å². The SMILES string of the molecule is CCO[Si](OCC)OC(C)C(CC)OCC1CO1. The molecule has 1 heterocycles. The molecule has 1 fully saturated rings. The molecular weight excluding hydrogens is 252 g/mol. The first-order valence-corrected chi connectivity index (χ1v) is 7.96. The number of hydrogen-bond donors (Lipinski definition) is 0. The van der Waals surface area contributed by atoms with Gasteiger partial charge < -0.3 is 22.8 Å². The van der Waals surface area contributed by atoms with Gasteiger partial charge in [-0.3, -0.25) is 0 Å². The summed E-state index contributed by atoms with van der Waals surface area (Å²) < 4.78 is 27.7. The van der Waals surface area contributed by atoms with Crippen LogP contribution in [0.1, 0.15) is 34.1 Å². The van der Waals surface area contributed by atoms with Crippen molar-refractivity contribution >= 4 is 9.53 Å². The molecule has 0 aromatic heterocycles. The second-order valence-corrected chi connectivity index (χ2v) is 5.49. The summed E-state index contributed by atoms with van der Waals surface area (Å²) in [5.41, 5.74) is 0. The Hall–Kier alpha value is 0.0169. The molecule has 0 N–H and O–H groups in total. The molecule has 1 aliphatic heterocycles. The quantitative estimate of drug-likeness (QED) is 0.424. The summed E-state index contributed by atoms with van der Waals surface area (Å²) in [5, 5.41) is 0. The third-order valence-corrected chi connectivity index (χ3v) is 4.24. The largest absolute Gasteiger partial charge is 0.578 e. The average molecular weight is 277 g/mol. The van der Waals surface area contributed by atoms with Crippen molar-refractivity contribution in [2.45, 2.75) is 52.4 Å². The van der Waals surface area contributed by atoms with Gasteiger partial charge in [0.25, 0.3) is 0 Å². The highest BCUT2D eigenvalue weighted by atomic mass is 28.3. The highest BCUT2D eigenvalue weighted by Crippen LogP contribution is 2.15. The molecule has 0 saturated carbocycles. The average Bonchev–Trinajstić information content (AvgIpc) is 3.14. The molecule has 0 amide bonds. The monoisotopic (exact) mass is 277 g/mol. The zero-order valence-electron chi connectivity index (χ0n) is 11.8. The summed E-state index contributed by atoms with van der Waals surface area (Å²) in [5.74, 6) is 0. The molecule has 1 rings (SSSR count). The summed E-state index contributed by atoms with van der Waals surface area (Å²) in [6.07, 6.45) is 1.23. The topological polar surface area (TPSA) is 49.5 Å². The van der Waals surface area contributed by atoms with Gasteiger partial charge in [0, 0.05) is 13.2 Å². The van der Waals surface area contributed by atoms with E-state index in [9.17, 15) is 0 Å². The molecule has 0 aromatic carbocycles. The first-order valence-electron chi connectivity index (χ1n) is 6.73. The van der Waals surface area contributed by atoms with Gasteiger partial charge in [-0.2, -0.15) is 0 Å². The highest BCUT2D eigenvalue weighted by molar-refractivity contribution is 6.36. The molecule has 0 bridgehead atoms. The van der Waals surface area contributed by atoms with Crippen LogP contribution in [0.4, 0.5) is 0 Å². The van der Waals surface area contributed by atoms with Gasteiger partial charge in [-0.15, -0.1) is 0 Å². The van der Waals surface area contributed by atoms with Crippen LogP contribution in [0.5, 0.6) is 0 Å². The van der Waals surface area contributed by atoms with Crippen molar-refractivity contribution in [3.63, 3.8) is 0 Å². The predicted molar refractivity (Wildman–Crippen MR) is 69.3 cm³/mol. The zero-order valence-corrected chi connectivity index (χ0v) is 12.8. The van der Waals surface area contributed by atoms with E-state index in [2.05, 4.69) is 6.92 Å². The second kappa shape index (κ2) is 9.01. The molecule has 6 heteroatoms. The van der Waals surface area contributed by atoms with E-state index in [4.69, 9.17) is 22.8 Å². The molecule has 1 radical (unpaired) electrons. The molecule has 0 aromatic rings. The summed E-state index contributed by atoms with van der Waals surface area (Å²) in [6.45, 7) is 10.7. The van der Waals surface area contributed by atoms with Crippen molar-refractivity contribution in [1.29, 1.82) is 0 Å². The first-order chi connectivity index (χ1) is 8.71. The van der Waals surface area contributed by atoms with E-state index in [0.29, 0.717) is 19.8 Å². The second-order valence-electron chi connectivity index (χ2n) is 4.17. The van der Waals surface area contributed by atoms with Crippen LogP contribution >= 0.6 is 0 Å². The predicted octanol–water partition coefficient (Wildman–Crippen LogP) is 1.64. The lowest BCUT2D eigenvalue weighted by Gasteiger charge is -2.25. The molecule has 0 spiro atoms. The van der Waals surface area contributed by atoms with Crippen molar-refractivity contribution in [2.75, 3.05) is 26.4 Å². The number of epoxide rings is 1. The molecule has 1 saturated heterocycles. The van der Waals surface area contributed by atoms with Crippen LogP contribution in [0, 0.1) is 0 Å². The maximum Gasteiger partial charge on any atom is 0.578 e. The Balaban J connectivity index is 2.29. The van der Waals surface area contributed by atoms with Crippen LogP contribution in [0.15, 0.2) is 0 Å². The van der Waals surface area contributed by atoms with Crippen LogP contribution in [-0.2, 0) is 22.8 Å². The van der Waals surface area contributed by atoms with Crippen LogP contribution in [-0.4, -0.2) is 54.3 Å². The lowest BCUT2D eigenvalue weighted by molar-refractivity contribution is -0.0478. The summed E-state index contributed by atoms with van der Waals surface area (Å²) in [7, 11) is -1.63. The van der Waals surface area contributed by atoms with Gasteiger partial charge in [-0.05, 0) is 27.2 Å². The molecule has 3 atom stereocenters. The maximum absolute atomic E-state index is 5.83. The van der Waals surface area contributed by atoms with Crippen LogP contribution in [0.25, 0.3) is 0 Å². The Morgan fingerprint density at radius 3 is 2.28 bits per heavy atom. The normalized spacial score (nSPS) is 22.2. The van der Waals surface area contributed by atoms with Crippen molar-refractivity contribution in [3.8, 4) is 0 Å². The summed E-state index contributed by atoms with van der Waals surface area (Å²) >= 11 is 0. The fraction of sp³-hybridized carbons (Fsp3) is 1.00. The first kappa shape index (κ1) is 16.1. The smallest absolute Gasteiger partial charge is 0.373 e. The van der Waals surface area contributed by atoms with Crippen LogP contribution in [0.2, 0.25) is 0 Å². The van der Waals surface area contributed by atoms with Crippen LogP contribution < -0.4 is 0 Å². The minimum Gasteiger partial charge on any atom is -0.373 e. The number of rotatable bonds is 11. The van der Waals surface area contributed by atoms with Gasteiger partial charge in [-0.1, -0.05) is 6.92 Å². The number of ether oxygens (including phenoxy) is 2. The summed E-state index contributed by atoms with van der Waals surface area (Å²) in [4.78, 5) is 0. The van der Waals surface area contributed by atoms with Crippen molar-refractivity contribution < 1.29 is 22.8 Å². The summed E-state index contributed by atoms with van der Waals surface area (Å²) in [6, 6.07) is 0. The molecule has 5 nitrogen and oxygen atoms in total. The van der Waals surface area contributed by atoms with E-state index in [0.717, 1.165) is 13.0 Å². The number of hydrogen-bond acceptors (Lipinski definition) is 5. The van der Waals surface area contributed by atoms with Gasteiger partial charge in [0.05, 0.1) is 25.4 Å². The van der Waals surface area contributed by atoms with Gasteiger partial charge in [-0.25, -0.2) is 0 Å². The minimum absolute atomic E-state index is 0.0271. The fourth-order valence-electron chi connectivity index (χ4n) is 1.55. The maximum atomic E-state index is 5.83. The third-order valence-electron chi connectivity index (χ3n) is 2.63. The van der Waals surface area contributed by atoms with Gasteiger partial charge in [0.2, 0.25) is 0 Å². The fourth-order valence-corrected chi connectivity index (χ4v) is 2.70. The van der Waals surface area contributed by atoms with Gasteiger partial charge in [0.1, 0.15) is 6.10 Å². The van der Waals surface area contributed by atoms with Crippen molar-refractivity contribution in [1.82, 2.24) is 0 Å². The zero-order chi connectivity index (χ0) is 13.4.